The highest BCUT2D eigenvalue weighted by Crippen LogP contribution is 2.31. The van der Waals surface area contributed by atoms with E-state index in [1.165, 1.54) is 12.1 Å². The van der Waals surface area contributed by atoms with Gasteiger partial charge in [0.2, 0.25) is 10.0 Å². The lowest BCUT2D eigenvalue weighted by molar-refractivity contribution is 0.582. The van der Waals surface area contributed by atoms with Crippen LogP contribution in [0.1, 0.15) is 13.3 Å². The molecule has 0 saturated heterocycles. The van der Waals surface area contributed by atoms with E-state index in [9.17, 15) is 8.42 Å². The third-order valence-corrected chi connectivity index (χ3v) is 4.89. The molecule has 0 atom stereocenters. The van der Waals surface area contributed by atoms with E-state index in [0.29, 0.717) is 10.9 Å². The van der Waals surface area contributed by atoms with Crippen molar-refractivity contribution in [2.75, 3.05) is 12.3 Å². The summed E-state index contributed by atoms with van der Waals surface area (Å²) in [6, 6.07) is 2.82. The lowest BCUT2D eigenvalue weighted by Gasteiger charge is -2.09. The molecule has 0 aromatic heterocycles. The van der Waals surface area contributed by atoms with Crippen molar-refractivity contribution in [1.29, 1.82) is 0 Å². The lowest BCUT2D eigenvalue weighted by Crippen LogP contribution is -2.25. The van der Waals surface area contributed by atoms with Gasteiger partial charge in [0.15, 0.2) is 0 Å². The number of hydrogen-bond donors (Lipinski definition) is 2. The van der Waals surface area contributed by atoms with Gasteiger partial charge in [0.25, 0.3) is 0 Å². The van der Waals surface area contributed by atoms with Gasteiger partial charge in [-0.3, -0.25) is 0 Å². The molecule has 1 aromatic carbocycles. The summed E-state index contributed by atoms with van der Waals surface area (Å²) in [5.74, 6) is 5.46. The number of hydrogen-bond acceptors (Lipinski definition) is 3. The molecule has 0 radical (unpaired) electrons. The summed E-state index contributed by atoms with van der Waals surface area (Å²) in [6.07, 6.45) is 0.448. The molecule has 18 heavy (non-hydrogen) atoms. The van der Waals surface area contributed by atoms with Crippen molar-refractivity contribution in [2.45, 2.75) is 18.2 Å². The lowest BCUT2D eigenvalue weighted by atomic mass is 10.3. The van der Waals surface area contributed by atoms with Gasteiger partial charge in [-0.15, -0.1) is 11.8 Å². The van der Waals surface area contributed by atoms with Crippen LogP contribution in [0.5, 0.6) is 0 Å². The molecule has 0 amide bonds. The van der Waals surface area contributed by atoms with Crippen molar-refractivity contribution in [3.05, 3.63) is 21.6 Å². The molecule has 0 bridgehead atoms. The Labute approximate surface area is 120 Å². The van der Waals surface area contributed by atoms with Crippen LogP contribution in [0.4, 0.5) is 5.69 Å². The predicted octanol–water partition coefficient (Wildman–Crippen LogP) is 2.38. The number of benzene rings is 1. The van der Waals surface area contributed by atoms with E-state index in [1.54, 1.807) is 6.92 Å². The molecule has 1 rings (SSSR count). The average Bonchev–Trinajstić information content (AvgIpc) is 2.29. The molecule has 0 aliphatic carbocycles. The second-order valence-corrected chi connectivity index (χ2v) is 6.35. The summed E-state index contributed by atoms with van der Waals surface area (Å²) >= 11 is 8.94. The molecule has 0 unspecified atom stereocenters. The summed E-state index contributed by atoms with van der Waals surface area (Å²) in [5, 5.41) is 0.268. The zero-order valence-corrected chi connectivity index (χ0v) is 12.8. The summed E-state index contributed by atoms with van der Waals surface area (Å²) in [5.41, 5.74) is 5.92. The normalized spacial score (nSPS) is 10.8. The Morgan fingerprint density at radius 1 is 1.50 bits per heavy atom. The minimum absolute atomic E-state index is 0.0250. The van der Waals surface area contributed by atoms with Gasteiger partial charge in [0.05, 0.1) is 9.37 Å². The van der Waals surface area contributed by atoms with Gasteiger partial charge in [-0.1, -0.05) is 11.6 Å². The number of anilines is 1. The Hall–Kier alpha value is -0.740. The van der Waals surface area contributed by atoms with Crippen molar-refractivity contribution >= 4 is 43.2 Å². The van der Waals surface area contributed by atoms with E-state index in [2.05, 4.69) is 32.5 Å². The van der Waals surface area contributed by atoms with Crippen LogP contribution in [-0.2, 0) is 10.0 Å². The van der Waals surface area contributed by atoms with Crippen LogP contribution < -0.4 is 10.5 Å². The molecule has 0 fully saturated rings. The zero-order chi connectivity index (χ0) is 13.8. The van der Waals surface area contributed by atoms with Crippen LogP contribution in [0.25, 0.3) is 0 Å². The van der Waals surface area contributed by atoms with Gasteiger partial charge in [0, 0.05) is 23.7 Å². The van der Waals surface area contributed by atoms with Crippen molar-refractivity contribution in [1.82, 2.24) is 4.72 Å². The third-order valence-electron chi connectivity index (χ3n) is 2.04. The van der Waals surface area contributed by atoms with Crippen LogP contribution in [0.15, 0.2) is 21.5 Å². The van der Waals surface area contributed by atoms with Crippen LogP contribution in [0, 0.1) is 11.8 Å². The molecule has 0 aliphatic rings. The van der Waals surface area contributed by atoms with Crippen molar-refractivity contribution < 1.29 is 8.42 Å². The van der Waals surface area contributed by atoms with Gasteiger partial charge in [-0.2, -0.15) is 0 Å². The smallest absolute Gasteiger partial charge is 0.241 e. The third kappa shape index (κ3) is 3.89. The number of nitrogens with two attached hydrogens (primary N) is 1. The van der Waals surface area contributed by atoms with Gasteiger partial charge < -0.3 is 5.73 Å². The maximum Gasteiger partial charge on any atom is 0.241 e. The molecule has 3 N–H and O–H groups in total. The van der Waals surface area contributed by atoms with Crippen LogP contribution in [0.2, 0.25) is 5.02 Å². The number of sulfonamides is 1. The molecule has 0 saturated carbocycles. The fraction of sp³-hybridized carbons (Fsp3) is 0.273. The topological polar surface area (TPSA) is 72.2 Å². The Kier molecular flexibility index (Phi) is 5.47. The minimum Gasteiger partial charge on any atom is -0.398 e. The van der Waals surface area contributed by atoms with Gasteiger partial charge >= 0.3 is 0 Å². The van der Waals surface area contributed by atoms with Gasteiger partial charge in [-0.05, 0) is 35.0 Å². The van der Waals surface area contributed by atoms with Crippen LogP contribution in [-0.4, -0.2) is 15.0 Å². The highest BCUT2D eigenvalue weighted by molar-refractivity contribution is 9.10. The first-order valence-electron chi connectivity index (χ1n) is 5.02. The summed E-state index contributed by atoms with van der Waals surface area (Å²) < 4.78 is 26.8. The standard InChI is InChI=1S/C11H12BrClN2O2S/c1-2-3-4-5-15-18(16,17)10-7-8(13)6-9(14)11(10)12/h6-7,15H,4-5,14H2,1H3. The SMILES string of the molecule is CC#CCCNS(=O)(=O)c1cc(Cl)cc(N)c1Br. The summed E-state index contributed by atoms with van der Waals surface area (Å²) in [6.45, 7) is 1.94. The molecule has 7 heteroatoms. The van der Waals surface area contributed by atoms with E-state index in [0.717, 1.165) is 0 Å². The monoisotopic (exact) mass is 350 g/mol. The molecular weight excluding hydrogens is 340 g/mol. The van der Waals surface area contributed by atoms with Gasteiger partial charge in [0.1, 0.15) is 0 Å². The maximum atomic E-state index is 12.0. The van der Waals surface area contributed by atoms with E-state index < -0.39 is 10.0 Å². The Morgan fingerprint density at radius 2 is 2.17 bits per heavy atom. The molecule has 0 aliphatic heterocycles. The van der Waals surface area contributed by atoms with Crippen LogP contribution in [0.3, 0.4) is 0 Å². The number of nitrogens with one attached hydrogen (secondary N) is 1. The molecule has 0 spiro atoms. The Bertz CT molecular complexity index is 605. The predicted molar refractivity (Wildman–Crippen MR) is 76.8 cm³/mol. The van der Waals surface area contributed by atoms with Crippen molar-refractivity contribution in [2.24, 2.45) is 0 Å². The number of halogens is 2. The van der Waals surface area contributed by atoms with Crippen molar-refractivity contribution in [3.63, 3.8) is 0 Å². The zero-order valence-electron chi connectivity index (χ0n) is 9.63. The highest BCUT2D eigenvalue weighted by atomic mass is 79.9. The molecule has 4 nitrogen and oxygen atoms in total. The molecular formula is C11H12BrClN2O2S. The van der Waals surface area contributed by atoms with Crippen LogP contribution >= 0.6 is 27.5 Å². The first-order valence-corrected chi connectivity index (χ1v) is 7.67. The minimum atomic E-state index is -3.65. The Balaban J connectivity index is 3.00. The van der Waals surface area contributed by atoms with E-state index in [4.69, 9.17) is 17.3 Å². The fourth-order valence-corrected chi connectivity index (χ4v) is 3.55. The van der Waals surface area contributed by atoms with E-state index >= 15 is 0 Å². The molecule has 98 valence electrons. The van der Waals surface area contributed by atoms with Crippen molar-refractivity contribution in [3.8, 4) is 11.8 Å². The first kappa shape index (κ1) is 15.3. The summed E-state index contributed by atoms with van der Waals surface area (Å²) in [7, 11) is -3.65. The number of nitrogen functional groups attached to an aromatic ring is 1. The number of rotatable bonds is 4. The van der Waals surface area contributed by atoms with Gasteiger partial charge in [-0.25, -0.2) is 13.1 Å². The highest BCUT2D eigenvalue weighted by Gasteiger charge is 2.19. The molecule has 0 heterocycles. The second kappa shape index (κ2) is 6.43. The fourth-order valence-electron chi connectivity index (χ4n) is 1.23. The first-order chi connectivity index (χ1) is 8.38. The Morgan fingerprint density at radius 3 is 2.78 bits per heavy atom. The largest absolute Gasteiger partial charge is 0.398 e. The van der Waals surface area contributed by atoms with E-state index in [-0.39, 0.29) is 22.2 Å². The summed E-state index contributed by atoms with van der Waals surface area (Å²) in [4.78, 5) is 0.0250. The van der Waals surface area contributed by atoms with E-state index in [1.807, 2.05) is 0 Å². The average molecular weight is 352 g/mol. The maximum absolute atomic E-state index is 12.0. The second-order valence-electron chi connectivity index (χ2n) is 3.38. The molecule has 1 aromatic rings. The quantitative estimate of drug-likeness (QED) is 0.497.